The van der Waals surface area contributed by atoms with Gasteiger partial charge in [-0.05, 0) is 55.5 Å². The molecule has 0 spiro atoms. The molecule has 2 atom stereocenters. The number of carbonyl (C=O) groups excluding carboxylic acids is 2. The van der Waals surface area contributed by atoms with Crippen molar-refractivity contribution in [2.75, 3.05) is 15.4 Å². The van der Waals surface area contributed by atoms with Gasteiger partial charge < -0.3 is 15.4 Å². The highest BCUT2D eigenvalue weighted by atomic mass is 35.5. The largest absolute Gasteiger partial charge is 0.324 e. The number of halogens is 1. The Bertz CT molecular complexity index is 1190. The second-order valence-electron chi connectivity index (χ2n) is 6.80. The molecule has 31 heavy (non-hydrogen) atoms. The molecule has 1 aliphatic heterocycles. The summed E-state index contributed by atoms with van der Waals surface area (Å²) in [4.78, 5) is 25.9. The standard InChI is InChI=1S/C22H18ClN3O3S2/c1-13-21(27)25-18-11-14(7-9-19(18)30-13)22(28)24-16-8-10-20(17(23)12-16)31(29)26-15-5-3-2-4-6-15/h2-13,26H,1H3,(H,24,28)(H,25,27)/t13-,31?/m1/s1. The monoisotopic (exact) mass is 471 g/mol. The zero-order chi connectivity index (χ0) is 22.0. The van der Waals surface area contributed by atoms with Gasteiger partial charge in [-0.2, -0.15) is 0 Å². The summed E-state index contributed by atoms with van der Waals surface area (Å²) in [6.45, 7) is 1.83. The molecule has 4 rings (SSSR count). The molecule has 3 aromatic carbocycles. The molecule has 0 fully saturated rings. The van der Waals surface area contributed by atoms with Crippen LogP contribution in [0, 0.1) is 0 Å². The van der Waals surface area contributed by atoms with Crippen LogP contribution in [-0.2, 0) is 15.8 Å². The van der Waals surface area contributed by atoms with Gasteiger partial charge in [0.15, 0.2) is 11.0 Å². The molecule has 9 heteroatoms. The van der Waals surface area contributed by atoms with E-state index in [0.29, 0.717) is 27.5 Å². The molecule has 1 aliphatic rings. The van der Waals surface area contributed by atoms with Crippen LogP contribution in [0.25, 0.3) is 0 Å². The number of nitrogens with one attached hydrogen (secondary N) is 3. The highest BCUT2D eigenvalue weighted by Crippen LogP contribution is 2.36. The third-order valence-electron chi connectivity index (χ3n) is 4.55. The lowest BCUT2D eigenvalue weighted by Crippen LogP contribution is -2.26. The summed E-state index contributed by atoms with van der Waals surface area (Å²) < 4.78 is 15.5. The average molecular weight is 472 g/mol. The summed E-state index contributed by atoms with van der Waals surface area (Å²) in [6, 6.07) is 19.1. The van der Waals surface area contributed by atoms with Crippen LogP contribution in [0.2, 0.25) is 5.02 Å². The summed E-state index contributed by atoms with van der Waals surface area (Å²) in [5, 5.41) is 5.69. The average Bonchev–Trinajstić information content (AvgIpc) is 2.75. The number of thioether (sulfide) groups is 1. The van der Waals surface area contributed by atoms with E-state index in [2.05, 4.69) is 15.4 Å². The maximum atomic E-state index is 12.7. The SMILES string of the molecule is C[C@H]1Sc2ccc(C(=O)Nc3ccc(S(=O)Nc4ccccc4)c(Cl)c3)cc2NC1=O. The van der Waals surface area contributed by atoms with Crippen molar-refractivity contribution in [1.82, 2.24) is 0 Å². The molecule has 3 N–H and O–H groups in total. The minimum atomic E-state index is -1.55. The van der Waals surface area contributed by atoms with Gasteiger partial charge in [-0.1, -0.05) is 29.8 Å². The molecule has 6 nitrogen and oxygen atoms in total. The first-order valence-electron chi connectivity index (χ1n) is 9.36. The first-order chi connectivity index (χ1) is 14.9. The first kappa shape index (κ1) is 21.4. The van der Waals surface area contributed by atoms with E-state index < -0.39 is 11.0 Å². The van der Waals surface area contributed by atoms with Crippen molar-refractivity contribution in [2.24, 2.45) is 0 Å². The van der Waals surface area contributed by atoms with Gasteiger partial charge in [-0.15, -0.1) is 11.8 Å². The zero-order valence-electron chi connectivity index (χ0n) is 16.3. The van der Waals surface area contributed by atoms with Crippen LogP contribution in [0.1, 0.15) is 17.3 Å². The number of benzene rings is 3. The Morgan fingerprint density at radius 1 is 1.06 bits per heavy atom. The Kier molecular flexibility index (Phi) is 6.31. The Balaban J connectivity index is 1.47. The quantitative estimate of drug-likeness (QED) is 0.479. The lowest BCUT2D eigenvalue weighted by Gasteiger charge is -2.21. The number of fused-ring (bicyclic) bond motifs is 1. The van der Waals surface area contributed by atoms with Crippen molar-refractivity contribution in [3.63, 3.8) is 0 Å². The molecule has 0 aliphatic carbocycles. The van der Waals surface area contributed by atoms with E-state index in [0.717, 1.165) is 4.90 Å². The summed E-state index contributed by atoms with van der Waals surface area (Å²) in [7, 11) is -1.55. The van der Waals surface area contributed by atoms with Crippen molar-refractivity contribution in [3.8, 4) is 0 Å². The maximum absolute atomic E-state index is 12.7. The van der Waals surface area contributed by atoms with Crippen LogP contribution in [0.5, 0.6) is 0 Å². The van der Waals surface area contributed by atoms with Crippen molar-refractivity contribution in [1.29, 1.82) is 0 Å². The molecule has 0 saturated carbocycles. The lowest BCUT2D eigenvalue weighted by atomic mass is 10.1. The summed E-state index contributed by atoms with van der Waals surface area (Å²) in [5.74, 6) is -0.428. The fraction of sp³-hybridized carbons (Fsp3) is 0.0909. The van der Waals surface area contributed by atoms with Gasteiger partial charge in [0.1, 0.15) is 0 Å². The Morgan fingerprint density at radius 2 is 1.84 bits per heavy atom. The van der Waals surface area contributed by atoms with Gasteiger partial charge in [-0.3, -0.25) is 9.59 Å². The van der Waals surface area contributed by atoms with Crippen LogP contribution in [0.3, 0.4) is 0 Å². The second-order valence-corrected chi connectivity index (χ2v) is 9.77. The fourth-order valence-electron chi connectivity index (χ4n) is 2.95. The third-order valence-corrected chi connectivity index (χ3v) is 7.33. The molecule has 0 radical (unpaired) electrons. The van der Waals surface area contributed by atoms with Crippen molar-refractivity contribution >= 4 is 63.2 Å². The van der Waals surface area contributed by atoms with E-state index in [-0.39, 0.29) is 22.1 Å². The number of amides is 2. The van der Waals surface area contributed by atoms with E-state index in [1.807, 2.05) is 31.2 Å². The van der Waals surface area contributed by atoms with Crippen molar-refractivity contribution < 1.29 is 13.8 Å². The minimum absolute atomic E-state index is 0.0884. The first-order valence-corrected chi connectivity index (χ1v) is 11.8. The number of rotatable bonds is 5. The highest BCUT2D eigenvalue weighted by Gasteiger charge is 2.23. The molecule has 3 aromatic rings. The molecule has 1 unspecified atom stereocenters. The fourth-order valence-corrected chi connectivity index (χ4v) is 5.16. The Morgan fingerprint density at radius 3 is 2.58 bits per heavy atom. The third kappa shape index (κ3) is 4.92. The predicted molar refractivity (Wildman–Crippen MR) is 126 cm³/mol. The molecule has 1 heterocycles. The van der Waals surface area contributed by atoms with E-state index >= 15 is 0 Å². The van der Waals surface area contributed by atoms with E-state index in [9.17, 15) is 13.8 Å². The normalized spacial score (nSPS) is 16.1. The number of hydrogen-bond acceptors (Lipinski definition) is 4. The molecule has 0 saturated heterocycles. The Labute approximate surface area is 191 Å². The van der Waals surface area contributed by atoms with Crippen LogP contribution in [0.15, 0.2) is 76.5 Å². The smallest absolute Gasteiger partial charge is 0.255 e. The number of carbonyl (C=O) groups is 2. The minimum Gasteiger partial charge on any atom is -0.324 e. The van der Waals surface area contributed by atoms with Crippen LogP contribution >= 0.6 is 23.4 Å². The van der Waals surface area contributed by atoms with Crippen molar-refractivity contribution in [2.45, 2.75) is 22.0 Å². The lowest BCUT2D eigenvalue weighted by molar-refractivity contribution is -0.115. The number of anilines is 3. The molecule has 0 aromatic heterocycles. The van der Waals surface area contributed by atoms with E-state index in [1.54, 1.807) is 42.5 Å². The van der Waals surface area contributed by atoms with Crippen LogP contribution in [0.4, 0.5) is 17.1 Å². The predicted octanol–water partition coefficient (Wildman–Crippen LogP) is 5.16. The summed E-state index contributed by atoms with van der Waals surface area (Å²) in [5.41, 5.74) is 2.21. The van der Waals surface area contributed by atoms with E-state index in [4.69, 9.17) is 11.6 Å². The zero-order valence-corrected chi connectivity index (χ0v) is 18.7. The summed E-state index contributed by atoms with van der Waals surface area (Å²) in [6.07, 6.45) is 0. The second kappa shape index (κ2) is 9.13. The number of hydrogen-bond donors (Lipinski definition) is 3. The molecule has 0 bridgehead atoms. The van der Waals surface area contributed by atoms with Crippen LogP contribution in [-0.4, -0.2) is 21.3 Å². The van der Waals surface area contributed by atoms with Crippen molar-refractivity contribution in [3.05, 3.63) is 77.3 Å². The van der Waals surface area contributed by atoms with Gasteiger partial charge >= 0.3 is 0 Å². The van der Waals surface area contributed by atoms with Gasteiger partial charge in [0, 0.05) is 21.8 Å². The van der Waals surface area contributed by atoms with Crippen LogP contribution < -0.4 is 15.4 Å². The summed E-state index contributed by atoms with van der Waals surface area (Å²) >= 11 is 7.76. The molecular weight excluding hydrogens is 454 g/mol. The van der Waals surface area contributed by atoms with E-state index in [1.165, 1.54) is 11.8 Å². The van der Waals surface area contributed by atoms with Gasteiger partial charge in [-0.25, -0.2) is 4.21 Å². The maximum Gasteiger partial charge on any atom is 0.255 e. The topological polar surface area (TPSA) is 87.3 Å². The number of para-hydroxylation sites is 1. The molecule has 158 valence electrons. The van der Waals surface area contributed by atoms with Gasteiger partial charge in [0.05, 0.1) is 20.9 Å². The van der Waals surface area contributed by atoms with Gasteiger partial charge in [0.2, 0.25) is 5.91 Å². The Hall–Kier alpha value is -2.81. The highest BCUT2D eigenvalue weighted by molar-refractivity contribution is 8.01. The molecule has 2 amide bonds. The molecular formula is C22H18ClN3O3S2. The van der Waals surface area contributed by atoms with Gasteiger partial charge in [0.25, 0.3) is 5.91 Å².